The molecule has 1 heterocycles. The average molecular weight is 96.1 g/mol. The molecule has 0 atom stereocenters. The van der Waals surface area contributed by atoms with Gasteiger partial charge < -0.3 is 5.32 Å². The Hall–Kier alpha value is -0.790. The molecule has 1 aliphatic rings. The first kappa shape index (κ1) is 4.37. The van der Waals surface area contributed by atoms with Crippen molar-refractivity contribution in [3.8, 4) is 0 Å². The van der Waals surface area contributed by atoms with E-state index in [1.165, 1.54) is 0 Å². The van der Waals surface area contributed by atoms with Gasteiger partial charge in [0.15, 0.2) is 0 Å². The molecule has 0 unspecified atom stereocenters. The van der Waals surface area contributed by atoms with Gasteiger partial charge in [-0.05, 0) is 12.0 Å². The molecule has 0 bridgehead atoms. The zero-order valence-electron chi connectivity index (χ0n) is 4.12. The fourth-order valence-corrected chi connectivity index (χ4v) is 0.588. The van der Waals surface area contributed by atoms with E-state index in [9.17, 15) is 0 Å². The van der Waals surface area contributed by atoms with E-state index in [4.69, 9.17) is 5.41 Å². The van der Waals surface area contributed by atoms with Crippen molar-refractivity contribution in [3.05, 3.63) is 12.2 Å². The second-order valence-electron chi connectivity index (χ2n) is 1.66. The molecule has 0 aromatic carbocycles. The van der Waals surface area contributed by atoms with Crippen molar-refractivity contribution in [1.82, 2.24) is 5.32 Å². The van der Waals surface area contributed by atoms with E-state index >= 15 is 0 Å². The minimum Gasteiger partial charge on any atom is -0.370 e. The molecule has 0 aromatic rings. The van der Waals surface area contributed by atoms with Crippen LogP contribution < -0.4 is 5.32 Å². The highest BCUT2D eigenvalue weighted by molar-refractivity contribution is 5.97. The van der Waals surface area contributed by atoms with Crippen molar-refractivity contribution in [3.63, 3.8) is 0 Å². The Morgan fingerprint density at radius 3 is 2.57 bits per heavy atom. The predicted molar refractivity (Wildman–Crippen MR) is 29.5 cm³/mol. The summed E-state index contributed by atoms with van der Waals surface area (Å²) in [7, 11) is 0. The molecule has 0 spiro atoms. The number of rotatable bonds is 0. The summed E-state index contributed by atoms with van der Waals surface area (Å²) in [5, 5.41) is 9.90. The van der Waals surface area contributed by atoms with E-state index in [1.807, 2.05) is 0 Å². The zero-order chi connectivity index (χ0) is 5.28. The Kier molecular flexibility index (Phi) is 0.855. The maximum Gasteiger partial charge on any atom is 0.120 e. The third-order valence-corrected chi connectivity index (χ3v) is 1.08. The van der Waals surface area contributed by atoms with Crippen LogP contribution in [0.1, 0.15) is 6.42 Å². The molecule has 7 heavy (non-hydrogen) atoms. The van der Waals surface area contributed by atoms with Crippen LogP contribution in [0.4, 0.5) is 0 Å². The van der Waals surface area contributed by atoms with Gasteiger partial charge in [-0.25, -0.2) is 0 Å². The monoisotopic (exact) mass is 96.1 g/mol. The van der Waals surface area contributed by atoms with Crippen molar-refractivity contribution < 1.29 is 0 Å². The normalized spacial score (nSPS) is 20.0. The lowest BCUT2D eigenvalue weighted by molar-refractivity contribution is 0.952. The Labute approximate surface area is 42.7 Å². The molecule has 2 heteroatoms. The molecule has 0 amide bonds. The van der Waals surface area contributed by atoms with Crippen molar-refractivity contribution in [2.75, 3.05) is 6.54 Å². The predicted octanol–water partition coefficient (Wildman–Crippen LogP) is 0.513. The summed E-state index contributed by atoms with van der Waals surface area (Å²) < 4.78 is 0. The van der Waals surface area contributed by atoms with E-state index in [2.05, 4.69) is 11.9 Å². The third kappa shape index (κ3) is 0.633. The van der Waals surface area contributed by atoms with Gasteiger partial charge in [0.1, 0.15) is 5.84 Å². The van der Waals surface area contributed by atoms with Crippen LogP contribution >= 0.6 is 0 Å². The maximum atomic E-state index is 7.04. The highest BCUT2D eigenvalue weighted by atomic mass is 15.0. The summed E-state index contributed by atoms with van der Waals surface area (Å²) in [5.74, 6) is 0.514. The standard InChI is InChI=1S/C5H8N2/c1-4-2-3-7-5(4)6/h1-3H2,(H2,6,7). The Balaban J connectivity index is 2.65. The van der Waals surface area contributed by atoms with Gasteiger partial charge in [0.25, 0.3) is 0 Å². The summed E-state index contributed by atoms with van der Waals surface area (Å²) in [4.78, 5) is 0. The van der Waals surface area contributed by atoms with Gasteiger partial charge in [0.05, 0.1) is 0 Å². The van der Waals surface area contributed by atoms with Gasteiger partial charge in [-0.1, -0.05) is 6.58 Å². The SMILES string of the molecule is C=C1CCNC1=N. The summed E-state index contributed by atoms with van der Waals surface area (Å²) in [5.41, 5.74) is 0.931. The lowest BCUT2D eigenvalue weighted by Crippen LogP contribution is -2.12. The number of hydrogen-bond acceptors (Lipinski definition) is 1. The fourth-order valence-electron chi connectivity index (χ4n) is 0.588. The molecular weight excluding hydrogens is 88.1 g/mol. The largest absolute Gasteiger partial charge is 0.370 e. The minimum absolute atomic E-state index is 0.514. The molecule has 38 valence electrons. The molecule has 2 N–H and O–H groups in total. The lowest BCUT2D eigenvalue weighted by atomic mass is 10.3. The van der Waals surface area contributed by atoms with Crippen LogP contribution in [0.15, 0.2) is 12.2 Å². The van der Waals surface area contributed by atoms with E-state index in [1.54, 1.807) is 0 Å². The number of amidine groups is 1. The van der Waals surface area contributed by atoms with Crippen LogP contribution in [0.25, 0.3) is 0 Å². The van der Waals surface area contributed by atoms with Gasteiger partial charge in [0.2, 0.25) is 0 Å². The Morgan fingerprint density at radius 2 is 2.43 bits per heavy atom. The lowest BCUT2D eigenvalue weighted by Gasteiger charge is -1.87. The molecule has 1 fully saturated rings. The third-order valence-electron chi connectivity index (χ3n) is 1.08. The number of hydrogen-bond donors (Lipinski definition) is 2. The molecule has 0 radical (unpaired) electrons. The first-order chi connectivity index (χ1) is 3.30. The maximum absolute atomic E-state index is 7.04. The summed E-state index contributed by atoms with van der Waals surface area (Å²) >= 11 is 0. The van der Waals surface area contributed by atoms with Gasteiger partial charge in [0, 0.05) is 6.54 Å². The quantitative estimate of drug-likeness (QED) is 0.453. The van der Waals surface area contributed by atoms with Gasteiger partial charge in [-0.3, -0.25) is 5.41 Å². The second kappa shape index (κ2) is 1.37. The Bertz CT molecular complexity index is 101. The van der Waals surface area contributed by atoms with Crippen LogP contribution in [0.2, 0.25) is 0 Å². The first-order valence-electron chi connectivity index (χ1n) is 2.31. The summed E-state index contributed by atoms with van der Waals surface area (Å²) in [6.45, 7) is 4.55. The first-order valence-corrected chi connectivity index (χ1v) is 2.31. The van der Waals surface area contributed by atoms with Gasteiger partial charge in [-0.15, -0.1) is 0 Å². The highest BCUT2D eigenvalue weighted by Gasteiger charge is 2.07. The van der Waals surface area contributed by atoms with Gasteiger partial charge >= 0.3 is 0 Å². The molecule has 1 rings (SSSR count). The van der Waals surface area contributed by atoms with Crippen molar-refractivity contribution >= 4 is 5.84 Å². The van der Waals surface area contributed by atoms with E-state index in [0.29, 0.717) is 5.84 Å². The molecular formula is C5H8N2. The smallest absolute Gasteiger partial charge is 0.120 e. The zero-order valence-corrected chi connectivity index (χ0v) is 4.12. The van der Waals surface area contributed by atoms with Crippen molar-refractivity contribution in [2.45, 2.75) is 6.42 Å². The molecule has 2 nitrogen and oxygen atoms in total. The summed E-state index contributed by atoms with van der Waals surface area (Å²) in [6, 6.07) is 0. The average Bonchev–Trinajstić information content (AvgIpc) is 1.91. The van der Waals surface area contributed by atoms with Crippen LogP contribution in [0.3, 0.4) is 0 Å². The molecule has 0 aromatic heterocycles. The number of nitrogens with one attached hydrogen (secondary N) is 2. The van der Waals surface area contributed by atoms with Crippen LogP contribution in [0, 0.1) is 5.41 Å². The van der Waals surface area contributed by atoms with E-state index in [-0.39, 0.29) is 0 Å². The van der Waals surface area contributed by atoms with Crippen molar-refractivity contribution in [1.29, 1.82) is 5.41 Å². The second-order valence-corrected chi connectivity index (χ2v) is 1.66. The summed E-state index contributed by atoms with van der Waals surface area (Å²) in [6.07, 6.45) is 0.943. The molecule has 1 saturated heterocycles. The van der Waals surface area contributed by atoms with Gasteiger partial charge in [-0.2, -0.15) is 0 Å². The highest BCUT2D eigenvalue weighted by Crippen LogP contribution is 2.02. The van der Waals surface area contributed by atoms with Crippen molar-refractivity contribution in [2.24, 2.45) is 0 Å². The molecule has 0 aliphatic carbocycles. The Morgan fingerprint density at radius 1 is 1.71 bits per heavy atom. The van der Waals surface area contributed by atoms with E-state index in [0.717, 1.165) is 18.5 Å². The molecule has 1 aliphatic heterocycles. The van der Waals surface area contributed by atoms with Crippen LogP contribution in [-0.2, 0) is 0 Å². The minimum atomic E-state index is 0.514. The van der Waals surface area contributed by atoms with Crippen LogP contribution in [0.5, 0.6) is 0 Å². The van der Waals surface area contributed by atoms with Crippen LogP contribution in [-0.4, -0.2) is 12.4 Å². The molecule has 0 saturated carbocycles. The van der Waals surface area contributed by atoms with E-state index < -0.39 is 0 Å². The fraction of sp³-hybridized carbons (Fsp3) is 0.400. The topological polar surface area (TPSA) is 35.9 Å².